The highest BCUT2D eigenvalue weighted by molar-refractivity contribution is 5.75. The third-order valence-electron chi connectivity index (χ3n) is 4.04. The van der Waals surface area contributed by atoms with Gasteiger partial charge in [-0.1, -0.05) is 30.3 Å². The molecule has 2 N–H and O–H groups in total. The van der Waals surface area contributed by atoms with E-state index in [1.54, 1.807) is 30.7 Å². The molecule has 1 atom stereocenters. The topological polar surface area (TPSA) is 93.5 Å². The van der Waals surface area contributed by atoms with Crippen molar-refractivity contribution < 1.29 is 19.4 Å². The lowest BCUT2D eigenvalue weighted by Gasteiger charge is -2.15. The van der Waals surface area contributed by atoms with E-state index < -0.39 is 12.0 Å². The summed E-state index contributed by atoms with van der Waals surface area (Å²) in [6.45, 7) is 7.66. The Balaban J connectivity index is 2.12. The van der Waals surface area contributed by atoms with Crippen molar-refractivity contribution in [1.82, 2.24) is 15.1 Å². The largest absolute Gasteiger partial charge is 0.480 e. The summed E-state index contributed by atoms with van der Waals surface area (Å²) in [5.41, 5.74) is 3.13. The zero-order valence-corrected chi connectivity index (χ0v) is 15.5. The van der Waals surface area contributed by atoms with E-state index in [-0.39, 0.29) is 18.6 Å². The number of nitrogens with one attached hydrogen (secondary N) is 1. The van der Waals surface area contributed by atoms with Crippen LogP contribution in [0.1, 0.15) is 42.4 Å². The number of aromatic nitrogens is 2. The molecule has 0 saturated carbocycles. The molecule has 0 fully saturated rings. The van der Waals surface area contributed by atoms with Gasteiger partial charge < -0.3 is 9.84 Å². The Labute approximate surface area is 153 Å². The van der Waals surface area contributed by atoms with Gasteiger partial charge in [0.2, 0.25) is 0 Å². The van der Waals surface area contributed by atoms with Crippen molar-refractivity contribution in [3.63, 3.8) is 0 Å². The second-order valence-electron chi connectivity index (χ2n) is 6.41. The molecule has 0 aliphatic carbocycles. The predicted molar refractivity (Wildman–Crippen MR) is 96.6 cm³/mol. The first-order chi connectivity index (χ1) is 12.3. The predicted octanol–water partition coefficient (Wildman–Crippen LogP) is 2.37. The summed E-state index contributed by atoms with van der Waals surface area (Å²) in [6, 6.07) is 8.19. The lowest BCUT2D eigenvalue weighted by Crippen LogP contribution is -2.28. The monoisotopic (exact) mass is 359 g/mol. The van der Waals surface area contributed by atoms with Gasteiger partial charge in [-0.3, -0.25) is 19.6 Å². The van der Waals surface area contributed by atoms with Crippen LogP contribution in [0.2, 0.25) is 0 Å². The summed E-state index contributed by atoms with van der Waals surface area (Å²) in [4.78, 5) is 23.5. The molecule has 2 rings (SSSR count). The number of aliphatic carboxylic acids is 1. The molecule has 0 aliphatic rings. The van der Waals surface area contributed by atoms with E-state index in [1.165, 1.54) is 0 Å². The Kier molecular flexibility index (Phi) is 6.52. The molecule has 7 heteroatoms. The molecular formula is C19H25N3O4. The number of hydrogen-bond acceptors (Lipinski definition) is 5. The van der Waals surface area contributed by atoms with Gasteiger partial charge in [-0.15, -0.1) is 0 Å². The summed E-state index contributed by atoms with van der Waals surface area (Å²) >= 11 is 0. The number of nitrogens with zero attached hydrogens (tertiary/aromatic N) is 2. The lowest BCUT2D eigenvalue weighted by atomic mass is 10.1. The quantitative estimate of drug-likeness (QED) is 0.703. The van der Waals surface area contributed by atoms with Gasteiger partial charge in [0.15, 0.2) is 0 Å². The Morgan fingerprint density at radius 3 is 2.46 bits per heavy atom. The number of carbonyl (C=O) groups excluding carboxylic acids is 1. The first-order valence-corrected chi connectivity index (χ1v) is 8.53. The fourth-order valence-corrected chi connectivity index (χ4v) is 2.76. The summed E-state index contributed by atoms with van der Waals surface area (Å²) in [5, 5.41) is 17.0. The van der Waals surface area contributed by atoms with Gasteiger partial charge in [0.25, 0.3) is 0 Å². The van der Waals surface area contributed by atoms with Crippen molar-refractivity contribution in [3.05, 3.63) is 52.8 Å². The van der Waals surface area contributed by atoms with Crippen LogP contribution in [-0.2, 0) is 27.4 Å². The standard InChI is InChI=1S/C19H25N3O4/c1-12(2)26-17(23)11-22-14(4)16(13(3)21-22)10-20-18(19(24)25)15-8-6-5-7-9-15/h5-9,12,18,20H,10-11H2,1-4H3,(H,24,25)/t18-/m1/s1. The normalized spacial score (nSPS) is 12.2. The maximum absolute atomic E-state index is 11.9. The molecule has 0 unspecified atom stereocenters. The molecule has 26 heavy (non-hydrogen) atoms. The van der Waals surface area contributed by atoms with Crippen LogP contribution in [0.25, 0.3) is 0 Å². The van der Waals surface area contributed by atoms with Crippen LogP contribution in [0.3, 0.4) is 0 Å². The van der Waals surface area contributed by atoms with Crippen LogP contribution in [0.4, 0.5) is 0 Å². The van der Waals surface area contributed by atoms with Crippen LogP contribution in [-0.4, -0.2) is 32.9 Å². The van der Waals surface area contributed by atoms with Gasteiger partial charge in [0.1, 0.15) is 12.6 Å². The Morgan fingerprint density at radius 1 is 1.23 bits per heavy atom. The smallest absolute Gasteiger partial charge is 0.328 e. The zero-order chi connectivity index (χ0) is 19.3. The number of ether oxygens (including phenoxy) is 1. The SMILES string of the molecule is Cc1nn(CC(=O)OC(C)C)c(C)c1CN[C@@H](C(=O)O)c1ccccc1. The number of carbonyl (C=O) groups is 2. The number of hydrogen-bond donors (Lipinski definition) is 2. The van der Waals surface area contributed by atoms with Crippen molar-refractivity contribution in [2.75, 3.05) is 0 Å². The molecule has 0 aliphatic heterocycles. The zero-order valence-electron chi connectivity index (χ0n) is 15.5. The van der Waals surface area contributed by atoms with Crippen molar-refractivity contribution in [3.8, 4) is 0 Å². The highest BCUT2D eigenvalue weighted by atomic mass is 16.5. The van der Waals surface area contributed by atoms with Crippen molar-refractivity contribution >= 4 is 11.9 Å². The van der Waals surface area contributed by atoms with E-state index in [4.69, 9.17) is 4.74 Å². The number of benzene rings is 1. The second-order valence-corrected chi connectivity index (χ2v) is 6.41. The van der Waals surface area contributed by atoms with E-state index in [1.807, 2.05) is 32.0 Å². The minimum Gasteiger partial charge on any atom is -0.480 e. The average Bonchev–Trinajstić information content (AvgIpc) is 2.82. The molecule has 0 amide bonds. The summed E-state index contributed by atoms with van der Waals surface area (Å²) in [5.74, 6) is -1.29. The van der Waals surface area contributed by atoms with E-state index >= 15 is 0 Å². The third-order valence-corrected chi connectivity index (χ3v) is 4.04. The lowest BCUT2D eigenvalue weighted by molar-refractivity contribution is -0.148. The minimum atomic E-state index is -0.945. The molecule has 0 saturated heterocycles. The van der Waals surface area contributed by atoms with Gasteiger partial charge in [-0.25, -0.2) is 0 Å². The number of rotatable bonds is 8. The van der Waals surface area contributed by atoms with Gasteiger partial charge in [-0.05, 0) is 33.3 Å². The van der Waals surface area contributed by atoms with Crippen molar-refractivity contribution in [1.29, 1.82) is 0 Å². The maximum atomic E-state index is 11.9. The molecule has 0 spiro atoms. The number of aryl methyl sites for hydroxylation is 1. The van der Waals surface area contributed by atoms with Gasteiger partial charge in [0.05, 0.1) is 11.8 Å². The van der Waals surface area contributed by atoms with Gasteiger partial charge in [-0.2, -0.15) is 5.10 Å². The van der Waals surface area contributed by atoms with Gasteiger partial charge in [0, 0.05) is 17.8 Å². The third kappa shape index (κ3) is 4.92. The fraction of sp³-hybridized carbons (Fsp3) is 0.421. The van der Waals surface area contributed by atoms with E-state index in [0.717, 1.165) is 17.0 Å². The Hall–Kier alpha value is -2.67. The van der Waals surface area contributed by atoms with Crippen LogP contribution < -0.4 is 5.32 Å². The minimum absolute atomic E-state index is 0.0336. The summed E-state index contributed by atoms with van der Waals surface area (Å²) in [6.07, 6.45) is -0.178. The molecular weight excluding hydrogens is 334 g/mol. The molecule has 1 heterocycles. The van der Waals surface area contributed by atoms with Crippen molar-refractivity contribution in [2.24, 2.45) is 0 Å². The van der Waals surface area contributed by atoms with Crippen LogP contribution in [0.5, 0.6) is 0 Å². The first kappa shape index (κ1) is 19.7. The highest BCUT2D eigenvalue weighted by Gasteiger charge is 2.21. The second kappa shape index (κ2) is 8.62. The Bertz CT molecular complexity index is 769. The molecule has 0 radical (unpaired) electrons. The summed E-state index contributed by atoms with van der Waals surface area (Å²) in [7, 11) is 0. The maximum Gasteiger partial charge on any atom is 0.328 e. The van der Waals surface area contributed by atoms with Crippen LogP contribution >= 0.6 is 0 Å². The van der Waals surface area contributed by atoms with Crippen LogP contribution in [0.15, 0.2) is 30.3 Å². The van der Waals surface area contributed by atoms with Gasteiger partial charge >= 0.3 is 11.9 Å². The molecule has 7 nitrogen and oxygen atoms in total. The van der Waals surface area contributed by atoms with E-state index in [2.05, 4.69) is 10.4 Å². The fourth-order valence-electron chi connectivity index (χ4n) is 2.76. The van der Waals surface area contributed by atoms with Crippen molar-refractivity contribution in [2.45, 2.75) is 52.9 Å². The van der Waals surface area contributed by atoms with E-state index in [9.17, 15) is 14.7 Å². The molecule has 1 aromatic carbocycles. The van der Waals surface area contributed by atoms with E-state index in [0.29, 0.717) is 12.1 Å². The number of carboxylic acids is 1. The average molecular weight is 359 g/mol. The molecule has 1 aromatic heterocycles. The Morgan fingerprint density at radius 2 is 1.88 bits per heavy atom. The molecule has 0 bridgehead atoms. The number of carboxylic acid groups (broad SMARTS) is 1. The highest BCUT2D eigenvalue weighted by Crippen LogP contribution is 2.17. The molecule has 140 valence electrons. The summed E-state index contributed by atoms with van der Waals surface area (Å²) < 4.78 is 6.75. The molecule has 2 aromatic rings. The first-order valence-electron chi connectivity index (χ1n) is 8.53. The number of esters is 1. The van der Waals surface area contributed by atoms with Crippen LogP contribution in [0, 0.1) is 13.8 Å².